The summed E-state index contributed by atoms with van der Waals surface area (Å²) in [6.07, 6.45) is -4.33. The van der Waals surface area contributed by atoms with Crippen molar-refractivity contribution in [2.75, 3.05) is 28.6 Å². The van der Waals surface area contributed by atoms with Crippen LogP contribution in [0.25, 0.3) is 0 Å². The van der Waals surface area contributed by atoms with Gasteiger partial charge in [-0.3, -0.25) is 4.90 Å². The standard InChI is InChI=1S/C24H20Cl3F3N4O2/c25-16-5-8-18(9-6-16)32-23(36)34(19-4-1-3-15(13-19)24(28,29)30)12-2-11-31-22(35)33-21-10-7-17(26)14-20(21)27/h1,3-10,13-14H,2,11-12H2,(H,32,36)(H2,31,33,35). The molecule has 6 nitrogen and oxygen atoms in total. The Morgan fingerprint density at radius 3 is 2.22 bits per heavy atom. The van der Waals surface area contributed by atoms with E-state index < -0.39 is 23.8 Å². The van der Waals surface area contributed by atoms with E-state index in [0.717, 1.165) is 12.1 Å². The van der Waals surface area contributed by atoms with Gasteiger partial charge in [-0.15, -0.1) is 0 Å². The summed E-state index contributed by atoms with van der Waals surface area (Å²) >= 11 is 17.7. The molecule has 12 heteroatoms. The Bertz CT molecular complexity index is 1220. The summed E-state index contributed by atoms with van der Waals surface area (Å²) < 4.78 is 39.7. The molecule has 3 N–H and O–H groups in total. The quantitative estimate of drug-likeness (QED) is 0.257. The molecule has 3 aromatic rings. The average Bonchev–Trinajstić information content (AvgIpc) is 2.82. The topological polar surface area (TPSA) is 73.5 Å². The maximum atomic E-state index is 13.2. The van der Waals surface area contributed by atoms with Crippen LogP contribution in [0.5, 0.6) is 0 Å². The lowest BCUT2D eigenvalue weighted by molar-refractivity contribution is -0.137. The van der Waals surface area contributed by atoms with E-state index in [1.807, 2.05) is 0 Å². The minimum atomic E-state index is -4.57. The van der Waals surface area contributed by atoms with Gasteiger partial charge in [-0.25, -0.2) is 9.59 Å². The lowest BCUT2D eigenvalue weighted by Gasteiger charge is -2.24. The van der Waals surface area contributed by atoms with Crippen molar-refractivity contribution < 1.29 is 22.8 Å². The van der Waals surface area contributed by atoms with Gasteiger partial charge in [0.05, 0.1) is 16.3 Å². The second kappa shape index (κ2) is 12.2. The maximum Gasteiger partial charge on any atom is 0.416 e. The van der Waals surface area contributed by atoms with Crippen LogP contribution in [0.3, 0.4) is 0 Å². The number of rotatable bonds is 7. The van der Waals surface area contributed by atoms with E-state index in [9.17, 15) is 22.8 Å². The second-order valence-electron chi connectivity index (χ2n) is 7.50. The molecule has 0 aliphatic carbocycles. The van der Waals surface area contributed by atoms with E-state index in [2.05, 4.69) is 16.0 Å². The van der Waals surface area contributed by atoms with Crippen molar-refractivity contribution in [1.29, 1.82) is 0 Å². The van der Waals surface area contributed by atoms with Crippen molar-refractivity contribution in [2.24, 2.45) is 0 Å². The van der Waals surface area contributed by atoms with Crippen molar-refractivity contribution in [3.8, 4) is 0 Å². The van der Waals surface area contributed by atoms with Crippen LogP contribution in [0, 0.1) is 0 Å². The number of alkyl halides is 3. The van der Waals surface area contributed by atoms with Crippen LogP contribution in [-0.4, -0.2) is 25.2 Å². The molecule has 0 atom stereocenters. The summed E-state index contributed by atoms with van der Waals surface area (Å²) in [5, 5.41) is 8.96. The molecule has 0 aromatic heterocycles. The largest absolute Gasteiger partial charge is 0.416 e. The maximum absolute atomic E-state index is 13.2. The Balaban J connectivity index is 1.66. The van der Waals surface area contributed by atoms with Crippen molar-refractivity contribution in [2.45, 2.75) is 12.6 Å². The number of nitrogens with one attached hydrogen (secondary N) is 3. The van der Waals surface area contributed by atoms with Crippen LogP contribution in [0.15, 0.2) is 66.7 Å². The van der Waals surface area contributed by atoms with Gasteiger partial charge in [-0.05, 0) is 67.1 Å². The molecular weight excluding hydrogens is 540 g/mol. The van der Waals surface area contributed by atoms with Gasteiger partial charge in [0.15, 0.2) is 0 Å². The van der Waals surface area contributed by atoms with Crippen LogP contribution in [-0.2, 0) is 6.18 Å². The van der Waals surface area contributed by atoms with Gasteiger partial charge in [0.25, 0.3) is 0 Å². The summed E-state index contributed by atoms with van der Waals surface area (Å²) in [6, 6.07) is 14.1. The lowest BCUT2D eigenvalue weighted by Crippen LogP contribution is -2.38. The molecule has 190 valence electrons. The zero-order valence-corrected chi connectivity index (χ0v) is 20.8. The number of urea groups is 2. The van der Waals surface area contributed by atoms with Crippen molar-refractivity contribution in [3.63, 3.8) is 0 Å². The van der Waals surface area contributed by atoms with Crippen molar-refractivity contribution in [3.05, 3.63) is 87.4 Å². The second-order valence-corrected chi connectivity index (χ2v) is 8.78. The van der Waals surface area contributed by atoms with Crippen LogP contribution in [0.1, 0.15) is 12.0 Å². The number of hydrogen-bond acceptors (Lipinski definition) is 2. The molecule has 0 spiro atoms. The first-order valence-electron chi connectivity index (χ1n) is 10.5. The molecule has 0 saturated heterocycles. The van der Waals surface area contributed by atoms with Crippen molar-refractivity contribution >= 4 is 63.9 Å². The number of hydrogen-bond donors (Lipinski definition) is 3. The highest BCUT2D eigenvalue weighted by atomic mass is 35.5. The zero-order chi connectivity index (χ0) is 26.3. The normalized spacial score (nSPS) is 11.1. The fraction of sp³-hybridized carbons (Fsp3) is 0.167. The molecule has 0 heterocycles. The van der Waals surface area contributed by atoms with E-state index in [0.29, 0.717) is 21.4 Å². The molecule has 4 amide bonds. The van der Waals surface area contributed by atoms with Crippen LogP contribution in [0.4, 0.5) is 39.8 Å². The highest BCUT2D eigenvalue weighted by Gasteiger charge is 2.31. The average molecular weight is 560 g/mol. The number of carbonyl (C=O) groups is 2. The number of nitrogens with zero attached hydrogens (tertiary/aromatic N) is 1. The molecule has 0 saturated carbocycles. The van der Waals surface area contributed by atoms with E-state index in [-0.39, 0.29) is 30.2 Å². The van der Waals surface area contributed by atoms with Gasteiger partial charge in [-0.2, -0.15) is 13.2 Å². The molecule has 0 aliphatic rings. The summed E-state index contributed by atoms with van der Waals surface area (Å²) in [5.74, 6) is 0. The van der Waals surface area contributed by atoms with E-state index in [1.165, 1.54) is 23.1 Å². The Kier molecular flexibility index (Phi) is 9.31. The molecule has 0 aliphatic heterocycles. The molecule has 3 aromatic carbocycles. The predicted octanol–water partition coefficient (Wildman–Crippen LogP) is 7.92. The van der Waals surface area contributed by atoms with E-state index >= 15 is 0 Å². The monoisotopic (exact) mass is 558 g/mol. The van der Waals surface area contributed by atoms with E-state index in [1.54, 1.807) is 36.4 Å². The Labute approximate surface area is 220 Å². The van der Waals surface area contributed by atoms with Gasteiger partial charge in [0.2, 0.25) is 0 Å². The van der Waals surface area contributed by atoms with Crippen LogP contribution < -0.4 is 20.9 Å². The highest BCUT2D eigenvalue weighted by molar-refractivity contribution is 6.36. The van der Waals surface area contributed by atoms with Crippen LogP contribution >= 0.6 is 34.8 Å². The zero-order valence-electron chi connectivity index (χ0n) is 18.5. The third-order valence-electron chi connectivity index (χ3n) is 4.85. The van der Waals surface area contributed by atoms with Gasteiger partial charge < -0.3 is 16.0 Å². The van der Waals surface area contributed by atoms with Gasteiger partial charge in [0, 0.05) is 34.5 Å². The summed E-state index contributed by atoms with van der Waals surface area (Å²) in [7, 11) is 0. The first kappa shape index (κ1) is 27.4. The molecule has 0 bridgehead atoms. The van der Waals surface area contributed by atoms with Gasteiger partial charge in [0.1, 0.15) is 0 Å². The lowest BCUT2D eigenvalue weighted by atomic mass is 10.1. The number of halogens is 6. The molecule has 0 fully saturated rings. The van der Waals surface area contributed by atoms with Gasteiger partial charge in [-0.1, -0.05) is 40.9 Å². The molecule has 36 heavy (non-hydrogen) atoms. The van der Waals surface area contributed by atoms with E-state index in [4.69, 9.17) is 34.8 Å². The number of benzene rings is 3. The first-order valence-corrected chi connectivity index (χ1v) is 11.7. The predicted molar refractivity (Wildman–Crippen MR) is 137 cm³/mol. The number of anilines is 3. The first-order chi connectivity index (χ1) is 17.0. The van der Waals surface area contributed by atoms with Gasteiger partial charge >= 0.3 is 18.2 Å². The fourth-order valence-electron chi connectivity index (χ4n) is 3.12. The third-order valence-corrected chi connectivity index (χ3v) is 5.65. The molecule has 3 rings (SSSR count). The Morgan fingerprint density at radius 2 is 1.56 bits per heavy atom. The summed E-state index contributed by atoms with van der Waals surface area (Å²) in [6.45, 7) is 0.142. The summed E-state index contributed by atoms with van der Waals surface area (Å²) in [5.41, 5.74) is -0.0689. The van der Waals surface area contributed by atoms with Crippen LogP contribution in [0.2, 0.25) is 15.1 Å². The Hall–Kier alpha value is -3.14. The van der Waals surface area contributed by atoms with Crippen molar-refractivity contribution in [1.82, 2.24) is 5.32 Å². The number of amides is 4. The minimum Gasteiger partial charge on any atom is -0.338 e. The smallest absolute Gasteiger partial charge is 0.338 e. The fourth-order valence-corrected chi connectivity index (χ4v) is 3.70. The molecular formula is C24H20Cl3F3N4O2. The highest BCUT2D eigenvalue weighted by Crippen LogP contribution is 2.32. The minimum absolute atomic E-state index is 0.0166. The number of carbonyl (C=O) groups excluding carboxylic acids is 2. The molecule has 0 unspecified atom stereocenters. The summed E-state index contributed by atoms with van der Waals surface area (Å²) in [4.78, 5) is 26.3. The molecule has 0 radical (unpaired) electrons. The third kappa shape index (κ3) is 7.94. The SMILES string of the molecule is O=C(NCCCN(C(=O)Nc1ccc(Cl)cc1)c1cccc(C(F)(F)F)c1)Nc1ccc(Cl)cc1Cl. The Morgan fingerprint density at radius 1 is 0.861 bits per heavy atom.